The highest BCUT2D eigenvalue weighted by molar-refractivity contribution is 5.94. The molecule has 0 atom stereocenters. The van der Waals surface area contributed by atoms with Crippen molar-refractivity contribution >= 4 is 29.3 Å². The van der Waals surface area contributed by atoms with E-state index in [4.69, 9.17) is 10.4 Å². The Morgan fingerprint density at radius 2 is 2.00 bits per heavy atom. The molecule has 0 fully saturated rings. The van der Waals surface area contributed by atoms with E-state index in [2.05, 4.69) is 42.1 Å². The maximum Gasteiger partial charge on any atom is 0.293 e. The molecule has 5 rings (SSSR count). The van der Waals surface area contributed by atoms with Crippen LogP contribution in [0.1, 0.15) is 27.3 Å². The Morgan fingerprint density at radius 3 is 2.74 bits per heavy atom. The fourth-order valence-electron chi connectivity index (χ4n) is 3.96. The van der Waals surface area contributed by atoms with Gasteiger partial charge in [-0.15, -0.1) is 5.10 Å². The average molecular weight is 473 g/mol. The quantitative estimate of drug-likeness (QED) is 0.303. The summed E-state index contributed by atoms with van der Waals surface area (Å²) in [5.74, 6) is -0.289. The lowest BCUT2D eigenvalue weighted by molar-refractivity contribution is 0.0949. The number of anilines is 3. The van der Waals surface area contributed by atoms with Crippen molar-refractivity contribution in [1.29, 1.82) is 0 Å². The van der Waals surface area contributed by atoms with Gasteiger partial charge in [-0.1, -0.05) is 35.5 Å². The van der Waals surface area contributed by atoms with Gasteiger partial charge >= 0.3 is 0 Å². The summed E-state index contributed by atoms with van der Waals surface area (Å²) in [6.07, 6.45) is 2.47. The summed E-state index contributed by atoms with van der Waals surface area (Å²) in [5.41, 5.74) is 13.3. The van der Waals surface area contributed by atoms with Gasteiger partial charge in [0.15, 0.2) is 5.69 Å². The molecule has 0 saturated heterocycles. The average Bonchev–Trinajstić information content (AvgIpc) is 3.58. The highest BCUT2D eigenvalue weighted by Gasteiger charge is 2.27. The smallest absolute Gasteiger partial charge is 0.293 e. The topological polar surface area (TPSA) is 144 Å². The Hall–Kier alpha value is -4.74. The SMILES string of the molecule is CN(C)c1ccc(C=NNC(=O)c2nnn(-c3nonc3N)c2CN2CCc3ccccc32)cc1. The Morgan fingerprint density at radius 1 is 1.20 bits per heavy atom. The van der Waals surface area contributed by atoms with Gasteiger partial charge in [0.2, 0.25) is 11.6 Å². The van der Waals surface area contributed by atoms with Crippen molar-refractivity contribution in [3.8, 4) is 5.82 Å². The molecular weight excluding hydrogens is 448 g/mol. The van der Waals surface area contributed by atoms with Crippen LogP contribution in [-0.4, -0.2) is 58.1 Å². The van der Waals surface area contributed by atoms with E-state index in [0.717, 1.165) is 29.9 Å². The van der Waals surface area contributed by atoms with E-state index in [1.54, 1.807) is 6.21 Å². The van der Waals surface area contributed by atoms with Gasteiger partial charge in [-0.3, -0.25) is 4.79 Å². The standard InChI is InChI=1S/C23H24N10O2/c1-31(2)17-9-7-15(8-10-17)13-25-27-23(34)20-19(33(30-26-20)22-21(24)28-35-29-22)14-32-12-11-16-5-3-4-6-18(16)32/h3-10,13H,11-12,14H2,1-2H3,(H2,24,28)(H,27,34). The van der Waals surface area contributed by atoms with Crippen LogP contribution in [0.3, 0.4) is 0 Å². The molecule has 0 unspecified atom stereocenters. The highest BCUT2D eigenvalue weighted by atomic mass is 16.6. The number of amides is 1. The summed E-state index contributed by atoms with van der Waals surface area (Å²) in [4.78, 5) is 17.2. The number of nitrogens with zero attached hydrogens (tertiary/aromatic N) is 8. The third kappa shape index (κ3) is 4.40. The van der Waals surface area contributed by atoms with Gasteiger partial charge < -0.3 is 15.5 Å². The van der Waals surface area contributed by atoms with E-state index in [-0.39, 0.29) is 17.3 Å². The van der Waals surface area contributed by atoms with Crippen LogP contribution in [0, 0.1) is 0 Å². The molecule has 2 aromatic carbocycles. The number of nitrogen functional groups attached to an aromatic ring is 1. The van der Waals surface area contributed by atoms with Crippen LogP contribution in [-0.2, 0) is 13.0 Å². The van der Waals surface area contributed by atoms with Crippen LogP contribution >= 0.6 is 0 Å². The number of nitrogens with one attached hydrogen (secondary N) is 1. The first-order valence-electron chi connectivity index (χ1n) is 11.0. The van der Waals surface area contributed by atoms with Crippen LogP contribution in [0.2, 0.25) is 0 Å². The number of hydrazone groups is 1. The van der Waals surface area contributed by atoms with E-state index < -0.39 is 5.91 Å². The number of para-hydroxylation sites is 1. The molecule has 35 heavy (non-hydrogen) atoms. The number of hydrogen-bond donors (Lipinski definition) is 2. The summed E-state index contributed by atoms with van der Waals surface area (Å²) in [7, 11) is 3.94. The number of fused-ring (bicyclic) bond motifs is 1. The Labute approximate surface area is 201 Å². The molecule has 2 aromatic heterocycles. The minimum Gasteiger partial charge on any atom is -0.378 e. The van der Waals surface area contributed by atoms with E-state index in [1.807, 2.05) is 61.5 Å². The Balaban J connectivity index is 1.40. The van der Waals surface area contributed by atoms with Gasteiger partial charge in [-0.25, -0.2) is 10.1 Å². The van der Waals surface area contributed by atoms with E-state index in [9.17, 15) is 4.79 Å². The number of hydrogen-bond acceptors (Lipinski definition) is 10. The summed E-state index contributed by atoms with van der Waals surface area (Å²) in [5, 5.41) is 19.7. The normalized spacial score (nSPS) is 12.8. The van der Waals surface area contributed by atoms with Gasteiger partial charge in [-0.2, -0.15) is 9.78 Å². The first-order chi connectivity index (χ1) is 17.0. The van der Waals surface area contributed by atoms with Crippen LogP contribution in [0.15, 0.2) is 58.3 Å². The second-order valence-electron chi connectivity index (χ2n) is 8.25. The third-order valence-corrected chi connectivity index (χ3v) is 5.79. The lowest BCUT2D eigenvalue weighted by atomic mass is 10.2. The molecule has 3 N–H and O–H groups in total. The van der Waals surface area contributed by atoms with Gasteiger partial charge in [0.05, 0.1) is 18.5 Å². The Kier molecular flexibility index (Phi) is 5.83. The van der Waals surface area contributed by atoms with Gasteiger partial charge in [0.25, 0.3) is 5.91 Å². The van der Waals surface area contributed by atoms with Crippen LogP contribution < -0.4 is 21.0 Å². The predicted molar refractivity (Wildman–Crippen MR) is 131 cm³/mol. The van der Waals surface area contributed by atoms with Gasteiger partial charge in [0, 0.05) is 32.0 Å². The van der Waals surface area contributed by atoms with Crippen molar-refractivity contribution in [2.45, 2.75) is 13.0 Å². The van der Waals surface area contributed by atoms with E-state index in [0.29, 0.717) is 12.2 Å². The zero-order chi connectivity index (χ0) is 24.4. The van der Waals surface area contributed by atoms with Gasteiger partial charge in [-0.05, 0) is 46.1 Å². The summed E-state index contributed by atoms with van der Waals surface area (Å²) in [6.45, 7) is 1.15. The number of nitrogens with two attached hydrogens (primary N) is 1. The molecule has 0 aliphatic carbocycles. The first-order valence-corrected chi connectivity index (χ1v) is 11.0. The lowest BCUT2D eigenvalue weighted by Gasteiger charge is -2.19. The second kappa shape index (κ2) is 9.25. The van der Waals surface area contributed by atoms with Crippen LogP contribution in [0.4, 0.5) is 17.2 Å². The molecule has 0 radical (unpaired) electrons. The predicted octanol–water partition coefficient (Wildman–Crippen LogP) is 1.63. The van der Waals surface area contributed by atoms with E-state index >= 15 is 0 Å². The number of aromatic nitrogens is 5. The second-order valence-corrected chi connectivity index (χ2v) is 8.25. The summed E-state index contributed by atoms with van der Waals surface area (Å²) >= 11 is 0. The van der Waals surface area contributed by atoms with Crippen LogP contribution in [0.25, 0.3) is 5.82 Å². The fourth-order valence-corrected chi connectivity index (χ4v) is 3.96. The third-order valence-electron chi connectivity index (χ3n) is 5.79. The van der Waals surface area contributed by atoms with Crippen molar-refractivity contribution in [2.75, 3.05) is 36.2 Å². The molecule has 12 heteroatoms. The minimum atomic E-state index is -0.505. The highest BCUT2D eigenvalue weighted by Crippen LogP contribution is 2.30. The monoisotopic (exact) mass is 472 g/mol. The van der Waals surface area contributed by atoms with E-state index in [1.165, 1.54) is 10.2 Å². The molecule has 4 aromatic rings. The first kappa shape index (κ1) is 22.1. The molecular formula is C23H24N10O2. The number of rotatable bonds is 7. The molecule has 1 aliphatic heterocycles. The lowest BCUT2D eigenvalue weighted by Crippen LogP contribution is -2.26. The minimum absolute atomic E-state index is 0.0455. The molecule has 12 nitrogen and oxygen atoms in total. The zero-order valence-corrected chi connectivity index (χ0v) is 19.3. The van der Waals surface area contributed by atoms with Crippen molar-refractivity contribution in [3.05, 3.63) is 71.0 Å². The molecule has 3 heterocycles. The maximum absolute atomic E-state index is 13.0. The number of carbonyl (C=O) groups is 1. The fraction of sp³-hybridized carbons (Fsp3) is 0.217. The van der Waals surface area contributed by atoms with Crippen LogP contribution in [0.5, 0.6) is 0 Å². The molecule has 1 aliphatic rings. The van der Waals surface area contributed by atoms with Crippen molar-refractivity contribution in [2.24, 2.45) is 5.10 Å². The number of carbonyl (C=O) groups excluding carboxylic acids is 1. The largest absolute Gasteiger partial charge is 0.378 e. The summed E-state index contributed by atoms with van der Waals surface area (Å²) < 4.78 is 6.11. The van der Waals surface area contributed by atoms with Crippen molar-refractivity contribution < 1.29 is 9.42 Å². The molecule has 0 bridgehead atoms. The number of benzene rings is 2. The molecule has 0 saturated carbocycles. The van der Waals surface area contributed by atoms with Gasteiger partial charge in [0.1, 0.15) is 0 Å². The molecule has 1 amide bonds. The zero-order valence-electron chi connectivity index (χ0n) is 19.3. The maximum atomic E-state index is 13.0. The van der Waals surface area contributed by atoms with Crippen molar-refractivity contribution in [3.63, 3.8) is 0 Å². The molecule has 0 spiro atoms. The van der Waals surface area contributed by atoms with Crippen molar-refractivity contribution in [1.82, 2.24) is 30.7 Å². The summed E-state index contributed by atoms with van der Waals surface area (Å²) in [6, 6.07) is 15.9. The Bertz CT molecular complexity index is 1370. The molecule has 178 valence electrons.